The molecule has 6 nitrogen and oxygen atoms in total. The van der Waals surface area contributed by atoms with Gasteiger partial charge in [-0.25, -0.2) is 16.8 Å². The Morgan fingerprint density at radius 3 is 2.20 bits per heavy atom. The molecule has 0 unspecified atom stereocenters. The molecule has 2 aliphatic rings. The summed E-state index contributed by atoms with van der Waals surface area (Å²) in [6, 6.07) is 6.39. The van der Waals surface area contributed by atoms with Gasteiger partial charge in [-0.3, -0.25) is 4.90 Å². The highest BCUT2D eigenvalue weighted by atomic mass is 32.2. The van der Waals surface area contributed by atoms with Crippen molar-refractivity contribution in [1.29, 1.82) is 0 Å². The Hall–Kier alpha value is -0.960. The number of sulfone groups is 2. The fourth-order valence-electron chi connectivity index (χ4n) is 3.68. The summed E-state index contributed by atoms with van der Waals surface area (Å²) in [6.07, 6.45) is 0.835. The summed E-state index contributed by atoms with van der Waals surface area (Å²) in [4.78, 5) is 4.45. The molecule has 8 heteroatoms. The number of hydrogen-bond donors (Lipinski definition) is 0. The molecule has 2 fully saturated rings. The van der Waals surface area contributed by atoms with Gasteiger partial charge >= 0.3 is 0 Å². The van der Waals surface area contributed by atoms with E-state index in [0.717, 1.165) is 25.1 Å². The van der Waals surface area contributed by atoms with Crippen molar-refractivity contribution in [3.05, 3.63) is 29.8 Å². The second-order valence-electron chi connectivity index (χ2n) is 7.06. The van der Waals surface area contributed by atoms with E-state index in [1.807, 2.05) is 18.9 Å². The Balaban J connectivity index is 1.91. The summed E-state index contributed by atoms with van der Waals surface area (Å²) < 4.78 is 50.7. The third kappa shape index (κ3) is 3.92. The minimum atomic E-state index is -3.68. The molecule has 0 N–H and O–H groups in total. The number of hydrogen-bond acceptors (Lipinski definition) is 6. The smallest absolute Gasteiger partial charge is 0.183 e. The maximum absolute atomic E-state index is 13.1. The van der Waals surface area contributed by atoms with Crippen LogP contribution in [0.1, 0.15) is 12.5 Å². The number of likely N-dealkylation sites (N-methyl/N-ethyl adjacent to an activating group) is 1. The maximum atomic E-state index is 13.1. The largest absolute Gasteiger partial charge is 0.304 e. The number of aryl methyl sites for hydroxylation is 1. The molecule has 1 aromatic rings. The van der Waals surface area contributed by atoms with Crippen molar-refractivity contribution < 1.29 is 16.8 Å². The second-order valence-corrected chi connectivity index (χ2v) is 11.4. The average molecular weight is 387 g/mol. The van der Waals surface area contributed by atoms with Crippen LogP contribution in [-0.2, 0) is 26.1 Å². The van der Waals surface area contributed by atoms with E-state index < -0.39 is 31.0 Å². The van der Waals surface area contributed by atoms with Gasteiger partial charge in [-0.2, -0.15) is 0 Å². The van der Waals surface area contributed by atoms with E-state index in [9.17, 15) is 16.8 Å². The predicted octanol–water partition coefficient (Wildman–Crippen LogP) is 0.436. The van der Waals surface area contributed by atoms with Gasteiger partial charge in [0.25, 0.3) is 0 Å². The van der Waals surface area contributed by atoms with E-state index in [-0.39, 0.29) is 16.4 Å². The highest BCUT2D eigenvalue weighted by Gasteiger charge is 2.48. The van der Waals surface area contributed by atoms with E-state index >= 15 is 0 Å². The molecule has 0 radical (unpaired) electrons. The molecule has 2 atom stereocenters. The molecule has 0 amide bonds. The minimum Gasteiger partial charge on any atom is -0.304 e. The fraction of sp³-hybridized carbons (Fsp3) is 0.647. The lowest BCUT2D eigenvalue weighted by atomic mass is 10.2. The van der Waals surface area contributed by atoms with E-state index in [4.69, 9.17) is 0 Å². The summed E-state index contributed by atoms with van der Waals surface area (Å²) in [7, 11) is -5.01. The van der Waals surface area contributed by atoms with Crippen LogP contribution in [0.4, 0.5) is 0 Å². The van der Waals surface area contributed by atoms with Crippen LogP contribution >= 0.6 is 0 Å². The van der Waals surface area contributed by atoms with Crippen LogP contribution in [0.15, 0.2) is 29.2 Å². The SMILES string of the molecule is CCc1ccc(S(=O)(=O)[C@H]2CS(=O)(=O)C[C@@H]2N2CCN(C)CC2)cc1. The van der Waals surface area contributed by atoms with Crippen molar-refractivity contribution >= 4 is 19.7 Å². The third-order valence-corrected chi connectivity index (χ3v) is 9.47. The van der Waals surface area contributed by atoms with Gasteiger partial charge in [0.1, 0.15) is 0 Å². The van der Waals surface area contributed by atoms with Crippen LogP contribution in [0.3, 0.4) is 0 Å². The summed E-state index contributed by atoms with van der Waals surface area (Å²) in [6.45, 7) is 5.08. The Morgan fingerprint density at radius 2 is 1.64 bits per heavy atom. The molecule has 3 rings (SSSR count). The molecule has 1 aromatic carbocycles. The standard InChI is InChI=1S/C17H26N2O4S2/c1-3-14-4-6-15(7-5-14)25(22,23)17-13-24(20,21)12-16(17)19-10-8-18(2)9-11-19/h4-7,16-17H,3,8-13H2,1-2H3/t16-,17-/m0/s1. The predicted molar refractivity (Wildman–Crippen MR) is 98.3 cm³/mol. The molecule has 25 heavy (non-hydrogen) atoms. The van der Waals surface area contributed by atoms with E-state index in [1.165, 1.54) is 0 Å². The first-order valence-corrected chi connectivity index (χ1v) is 12.1. The van der Waals surface area contributed by atoms with Gasteiger partial charge in [-0.05, 0) is 31.2 Å². The fourth-order valence-corrected chi connectivity index (χ4v) is 8.51. The topological polar surface area (TPSA) is 74.8 Å². The van der Waals surface area contributed by atoms with Gasteiger partial charge < -0.3 is 4.90 Å². The molecule has 0 aliphatic carbocycles. The zero-order valence-electron chi connectivity index (χ0n) is 14.8. The van der Waals surface area contributed by atoms with Crippen LogP contribution in [0, 0.1) is 0 Å². The molecule has 0 saturated carbocycles. The van der Waals surface area contributed by atoms with Crippen LogP contribution in [0.2, 0.25) is 0 Å². The van der Waals surface area contributed by atoms with Gasteiger partial charge in [0, 0.05) is 32.2 Å². The van der Waals surface area contributed by atoms with E-state index in [0.29, 0.717) is 13.1 Å². The minimum absolute atomic E-state index is 0.0619. The Labute approximate surface area is 150 Å². The molecule has 0 bridgehead atoms. The van der Waals surface area contributed by atoms with Crippen molar-refractivity contribution in [3.63, 3.8) is 0 Å². The van der Waals surface area contributed by atoms with Crippen molar-refractivity contribution in [2.75, 3.05) is 44.7 Å². The number of benzene rings is 1. The zero-order valence-corrected chi connectivity index (χ0v) is 16.4. The molecule has 0 spiro atoms. The summed E-state index contributed by atoms with van der Waals surface area (Å²) >= 11 is 0. The first-order valence-electron chi connectivity index (χ1n) is 8.69. The molecule has 2 aliphatic heterocycles. The maximum Gasteiger partial charge on any atom is 0.183 e. The second kappa shape index (κ2) is 6.98. The van der Waals surface area contributed by atoms with Gasteiger partial charge in [0.15, 0.2) is 19.7 Å². The highest BCUT2D eigenvalue weighted by molar-refractivity contribution is 7.96. The van der Waals surface area contributed by atoms with Crippen LogP contribution < -0.4 is 0 Å². The van der Waals surface area contributed by atoms with Gasteiger partial charge in [0.2, 0.25) is 0 Å². The van der Waals surface area contributed by atoms with Crippen molar-refractivity contribution in [2.45, 2.75) is 29.5 Å². The lowest BCUT2D eigenvalue weighted by molar-refractivity contribution is 0.122. The van der Waals surface area contributed by atoms with Gasteiger partial charge in [0.05, 0.1) is 21.7 Å². The lowest BCUT2D eigenvalue weighted by Crippen LogP contribution is -2.54. The van der Waals surface area contributed by atoms with Crippen molar-refractivity contribution in [3.8, 4) is 0 Å². The van der Waals surface area contributed by atoms with Crippen molar-refractivity contribution in [2.24, 2.45) is 0 Å². The molecular formula is C17H26N2O4S2. The molecular weight excluding hydrogens is 360 g/mol. The first-order chi connectivity index (χ1) is 11.7. The number of piperazine rings is 1. The molecule has 2 heterocycles. The van der Waals surface area contributed by atoms with Crippen LogP contribution in [0.5, 0.6) is 0 Å². The number of rotatable bonds is 4. The Morgan fingerprint density at radius 1 is 1.04 bits per heavy atom. The van der Waals surface area contributed by atoms with Crippen LogP contribution in [-0.4, -0.2) is 82.7 Å². The summed E-state index contributed by atoms with van der Waals surface area (Å²) in [5.74, 6) is -0.338. The average Bonchev–Trinajstić information content (AvgIpc) is 2.92. The molecule has 2 saturated heterocycles. The summed E-state index contributed by atoms with van der Waals surface area (Å²) in [5, 5.41) is -0.881. The zero-order chi connectivity index (χ0) is 18.2. The quantitative estimate of drug-likeness (QED) is 0.747. The normalized spacial score (nSPS) is 28.2. The van der Waals surface area contributed by atoms with E-state index in [1.54, 1.807) is 24.3 Å². The lowest BCUT2D eigenvalue weighted by Gasteiger charge is -2.37. The van der Waals surface area contributed by atoms with Crippen LogP contribution in [0.25, 0.3) is 0 Å². The van der Waals surface area contributed by atoms with Gasteiger partial charge in [-0.15, -0.1) is 0 Å². The Bertz CT molecular complexity index is 811. The van der Waals surface area contributed by atoms with E-state index in [2.05, 4.69) is 4.90 Å². The molecule has 0 aromatic heterocycles. The molecule has 140 valence electrons. The monoisotopic (exact) mass is 386 g/mol. The number of nitrogens with zero attached hydrogens (tertiary/aromatic N) is 2. The van der Waals surface area contributed by atoms with Gasteiger partial charge in [-0.1, -0.05) is 19.1 Å². The summed E-state index contributed by atoms with van der Waals surface area (Å²) in [5.41, 5.74) is 1.06. The van der Waals surface area contributed by atoms with Crippen molar-refractivity contribution in [1.82, 2.24) is 9.80 Å². The Kier molecular flexibility index (Phi) is 5.26. The third-order valence-electron chi connectivity index (χ3n) is 5.34. The highest BCUT2D eigenvalue weighted by Crippen LogP contribution is 2.29. The first kappa shape index (κ1) is 18.8.